The SMILES string of the molecule is O=C(NCC1CCCCC1)c1n[nH]c2c1CN(C(=O)C1CCC1)CC2. The number of hydrogen-bond acceptors (Lipinski definition) is 3. The largest absolute Gasteiger partial charge is 0.350 e. The third kappa shape index (κ3) is 3.44. The van der Waals surface area contributed by atoms with E-state index in [2.05, 4.69) is 15.5 Å². The molecule has 0 unspecified atom stereocenters. The Hall–Kier alpha value is -1.85. The molecule has 2 aliphatic carbocycles. The molecular weight excluding hydrogens is 316 g/mol. The molecule has 6 heteroatoms. The lowest BCUT2D eigenvalue weighted by atomic mass is 9.84. The van der Waals surface area contributed by atoms with Crippen molar-refractivity contribution in [1.82, 2.24) is 20.4 Å². The lowest BCUT2D eigenvalue weighted by Gasteiger charge is -2.33. The first kappa shape index (κ1) is 16.6. The van der Waals surface area contributed by atoms with Crippen molar-refractivity contribution in [3.05, 3.63) is 17.0 Å². The quantitative estimate of drug-likeness (QED) is 0.880. The van der Waals surface area contributed by atoms with E-state index in [0.29, 0.717) is 18.2 Å². The average molecular weight is 344 g/mol. The Balaban J connectivity index is 1.39. The number of H-pyrrole nitrogens is 1. The van der Waals surface area contributed by atoms with Crippen molar-refractivity contribution in [2.75, 3.05) is 13.1 Å². The second-order valence-electron chi connectivity index (χ2n) is 7.88. The first-order chi connectivity index (χ1) is 12.2. The van der Waals surface area contributed by atoms with Crippen LogP contribution in [0.15, 0.2) is 0 Å². The smallest absolute Gasteiger partial charge is 0.272 e. The van der Waals surface area contributed by atoms with Gasteiger partial charge in [-0.15, -0.1) is 0 Å². The van der Waals surface area contributed by atoms with E-state index in [0.717, 1.165) is 50.0 Å². The highest BCUT2D eigenvalue weighted by molar-refractivity contribution is 5.94. The number of nitrogens with zero attached hydrogens (tertiary/aromatic N) is 2. The second kappa shape index (κ2) is 7.18. The van der Waals surface area contributed by atoms with E-state index in [1.807, 2.05) is 4.90 Å². The van der Waals surface area contributed by atoms with E-state index in [1.54, 1.807) is 0 Å². The monoisotopic (exact) mass is 344 g/mol. The fraction of sp³-hybridized carbons (Fsp3) is 0.737. The second-order valence-corrected chi connectivity index (χ2v) is 7.88. The van der Waals surface area contributed by atoms with Crippen LogP contribution in [0.5, 0.6) is 0 Å². The zero-order chi connectivity index (χ0) is 17.2. The molecule has 25 heavy (non-hydrogen) atoms. The molecule has 3 aliphatic rings. The Bertz CT molecular complexity index is 644. The fourth-order valence-corrected chi connectivity index (χ4v) is 4.30. The van der Waals surface area contributed by atoms with Crippen LogP contribution in [0.2, 0.25) is 0 Å². The number of aromatic nitrogens is 2. The highest BCUT2D eigenvalue weighted by Crippen LogP contribution is 2.30. The number of aromatic amines is 1. The van der Waals surface area contributed by atoms with Crippen molar-refractivity contribution < 1.29 is 9.59 Å². The molecule has 2 amide bonds. The maximum absolute atomic E-state index is 12.6. The van der Waals surface area contributed by atoms with E-state index < -0.39 is 0 Å². The summed E-state index contributed by atoms with van der Waals surface area (Å²) in [5, 5.41) is 10.3. The molecule has 2 saturated carbocycles. The predicted molar refractivity (Wildman–Crippen MR) is 94.0 cm³/mol. The van der Waals surface area contributed by atoms with Crippen LogP contribution in [-0.2, 0) is 17.8 Å². The molecule has 0 spiro atoms. The van der Waals surface area contributed by atoms with Crippen molar-refractivity contribution in [2.24, 2.45) is 11.8 Å². The van der Waals surface area contributed by atoms with E-state index in [1.165, 1.54) is 32.1 Å². The first-order valence-electron chi connectivity index (χ1n) is 9.85. The van der Waals surface area contributed by atoms with Gasteiger partial charge in [0.2, 0.25) is 5.91 Å². The van der Waals surface area contributed by atoms with Crippen LogP contribution < -0.4 is 5.32 Å². The minimum absolute atomic E-state index is 0.0963. The minimum Gasteiger partial charge on any atom is -0.350 e. The van der Waals surface area contributed by atoms with Gasteiger partial charge in [-0.05, 0) is 31.6 Å². The number of rotatable bonds is 4. The number of nitrogens with one attached hydrogen (secondary N) is 2. The van der Waals surface area contributed by atoms with Crippen LogP contribution in [0.1, 0.15) is 73.1 Å². The van der Waals surface area contributed by atoms with Gasteiger partial charge in [-0.2, -0.15) is 5.10 Å². The first-order valence-corrected chi connectivity index (χ1v) is 9.85. The summed E-state index contributed by atoms with van der Waals surface area (Å²) >= 11 is 0. The van der Waals surface area contributed by atoms with Gasteiger partial charge < -0.3 is 10.2 Å². The van der Waals surface area contributed by atoms with Gasteiger partial charge in [0, 0.05) is 43.2 Å². The number of amides is 2. The van der Waals surface area contributed by atoms with Crippen molar-refractivity contribution >= 4 is 11.8 Å². The van der Waals surface area contributed by atoms with Crippen molar-refractivity contribution in [3.63, 3.8) is 0 Å². The van der Waals surface area contributed by atoms with Crippen LogP contribution in [0, 0.1) is 11.8 Å². The molecule has 0 atom stereocenters. The standard InChI is InChI=1S/C19H28N4O2/c24-18(20-11-13-5-2-1-3-6-13)17-15-12-23(10-9-16(15)21-22-17)19(25)14-7-4-8-14/h13-14H,1-12H2,(H,20,24)(H,21,22). The van der Waals surface area contributed by atoms with Crippen LogP contribution in [0.25, 0.3) is 0 Å². The molecule has 2 fully saturated rings. The number of hydrogen-bond donors (Lipinski definition) is 2. The average Bonchev–Trinajstić information content (AvgIpc) is 3.02. The summed E-state index contributed by atoms with van der Waals surface area (Å²) in [6.07, 6.45) is 10.2. The number of carbonyl (C=O) groups is 2. The van der Waals surface area contributed by atoms with Gasteiger partial charge in [-0.1, -0.05) is 25.7 Å². The van der Waals surface area contributed by atoms with Crippen molar-refractivity contribution in [1.29, 1.82) is 0 Å². The molecule has 6 nitrogen and oxygen atoms in total. The topological polar surface area (TPSA) is 78.1 Å². The van der Waals surface area contributed by atoms with E-state index >= 15 is 0 Å². The van der Waals surface area contributed by atoms with Gasteiger partial charge in [0.15, 0.2) is 5.69 Å². The predicted octanol–water partition coefficient (Wildman–Crippen LogP) is 2.40. The highest BCUT2D eigenvalue weighted by Gasteiger charge is 2.33. The lowest BCUT2D eigenvalue weighted by molar-refractivity contribution is -0.139. The van der Waals surface area contributed by atoms with Gasteiger partial charge in [-0.3, -0.25) is 14.7 Å². The Morgan fingerprint density at radius 1 is 1.12 bits per heavy atom. The maximum Gasteiger partial charge on any atom is 0.272 e. The molecular formula is C19H28N4O2. The van der Waals surface area contributed by atoms with Gasteiger partial charge in [-0.25, -0.2) is 0 Å². The number of carbonyl (C=O) groups excluding carboxylic acids is 2. The molecule has 2 heterocycles. The summed E-state index contributed by atoms with van der Waals surface area (Å²) in [4.78, 5) is 27.0. The molecule has 136 valence electrons. The normalized spacial score (nSPS) is 21.5. The zero-order valence-corrected chi connectivity index (χ0v) is 14.9. The van der Waals surface area contributed by atoms with Gasteiger partial charge >= 0.3 is 0 Å². The zero-order valence-electron chi connectivity index (χ0n) is 14.9. The van der Waals surface area contributed by atoms with E-state index in [9.17, 15) is 9.59 Å². The summed E-state index contributed by atoms with van der Waals surface area (Å²) in [6.45, 7) is 1.99. The Morgan fingerprint density at radius 2 is 1.92 bits per heavy atom. The molecule has 1 aromatic rings. The molecule has 4 rings (SSSR count). The van der Waals surface area contributed by atoms with Gasteiger partial charge in [0.1, 0.15) is 0 Å². The fourth-order valence-electron chi connectivity index (χ4n) is 4.30. The van der Waals surface area contributed by atoms with Crippen LogP contribution in [-0.4, -0.2) is 40.0 Å². The lowest BCUT2D eigenvalue weighted by Crippen LogP contribution is -2.42. The Kier molecular flexibility index (Phi) is 4.77. The van der Waals surface area contributed by atoms with E-state index in [-0.39, 0.29) is 17.7 Å². The highest BCUT2D eigenvalue weighted by atomic mass is 16.2. The molecule has 0 saturated heterocycles. The molecule has 1 aliphatic heterocycles. The molecule has 0 aromatic carbocycles. The third-order valence-corrected chi connectivity index (χ3v) is 6.19. The van der Waals surface area contributed by atoms with Crippen molar-refractivity contribution in [2.45, 2.75) is 64.3 Å². The molecule has 1 aromatic heterocycles. The van der Waals surface area contributed by atoms with Crippen LogP contribution in [0.3, 0.4) is 0 Å². The summed E-state index contributed by atoms with van der Waals surface area (Å²) in [5.41, 5.74) is 2.41. The number of fused-ring (bicyclic) bond motifs is 1. The molecule has 0 radical (unpaired) electrons. The summed E-state index contributed by atoms with van der Waals surface area (Å²) < 4.78 is 0. The van der Waals surface area contributed by atoms with Crippen LogP contribution >= 0.6 is 0 Å². The maximum atomic E-state index is 12.6. The van der Waals surface area contributed by atoms with Crippen molar-refractivity contribution in [3.8, 4) is 0 Å². The molecule has 0 bridgehead atoms. The van der Waals surface area contributed by atoms with Gasteiger partial charge in [0.05, 0.1) is 0 Å². The minimum atomic E-state index is -0.0963. The summed E-state index contributed by atoms with van der Waals surface area (Å²) in [5.74, 6) is 0.967. The van der Waals surface area contributed by atoms with Gasteiger partial charge in [0.25, 0.3) is 5.91 Å². The van der Waals surface area contributed by atoms with Crippen LogP contribution in [0.4, 0.5) is 0 Å². The third-order valence-electron chi connectivity index (χ3n) is 6.19. The van der Waals surface area contributed by atoms with E-state index in [4.69, 9.17) is 0 Å². The Morgan fingerprint density at radius 3 is 2.64 bits per heavy atom. The summed E-state index contributed by atoms with van der Waals surface area (Å²) in [7, 11) is 0. The molecule has 2 N–H and O–H groups in total. The Labute approximate surface area is 148 Å². The summed E-state index contributed by atoms with van der Waals surface area (Å²) in [6, 6.07) is 0.